The average Bonchev–Trinajstić information content (AvgIpc) is 2.46. The van der Waals surface area contributed by atoms with Crippen LogP contribution in [0.4, 0.5) is 0 Å². The maximum Gasteiger partial charge on any atom is 0.255 e. The van der Waals surface area contributed by atoms with Crippen LogP contribution in [0.3, 0.4) is 0 Å². The third kappa shape index (κ3) is 4.23. The smallest absolute Gasteiger partial charge is 0.255 e. The van der Waals surface area contributed by atoms with Crippen molar-refractivity contribution in [2.45, 2.75) is 0 Å². The topological polar surface area (TPSA) is 66.6 Å². The van der Waals surface area contributed by atoms with Crippen molar-refractivity contribution < 1.29 is 9.59 Å². The number of carbonyl (C=O) groups excluding carboxylic acids is 2. The fourth-order valence-electron chi connectivity index (χ4n) is 2.12. The van der Waals surface area contributed by atoms with Crippen molar-refractivity contribution in [3.8, 4) is 0 Å². The largest absolute Gasteiger partial charge is 0.338 e. The highest BCUT2D eigenvalue weighted by atomic mass is 35.5. The SMILES string of the molecule is Cl.NCC(=O)N1CCN(C(=O)c2ccc(Cl)cc2Cl)CC1. The minimum absolute atomic E-state index is 0. The second-order valence-electron chi connectivity index (χ2n) is 4.50. The van der Waals surface area contributed by atoms with Crippen molar-refractivity contribution in [1.82, 2.24) is 9.80 Å². The molecule has 1 saturated heterocycles. The molecule has 2 rings (SSSR count). The van der Waals surface area contributed by atoms with E-state index < -0.39 is 0 Å². The van der Waals surface area contributed by atoms with Crippen molar-refractivity contribution in [2.24, 2.45) is 5.73 Å². The van der Waals surface area contributed by atoms with Gasteiger partial charge in [-0.1, -0.05) is 23.2 Å². The van der Waals surface area contributed by atoms with E-state index in [0.29, 0.717) is 41.8 Å². The molecule has 1 aromatic rings. The summed E-state index contributed by atoms with van der Waals surface area (Å²) in [4.78, 5) is 27.2. The Morgan fingerprint density at radius 1 is 1.10 bits per heavy atom. The van der Waals surface area contributed by atoms with Crippen LogP contribution in [0.5, 0.6) is 0 Å². The summed E-state index contributed by atoms with van der Waals surface area (Å²) in [6.45, 7) is 1.93. The number of carbonyl (C=O) groups is 2. The number of halogens is 3. The molecule has 1 aliphatic heterocycles. The third-order valence-electron chi connectivity index (χ3n) is 3.26. The van der Waals surface area contributed by atoms with Gasteiger partial charge in [0.1, 0.15) is 0 Å². The Labute approximate surface area is 139 Å². The molecular weight excluding hydrogens is 337 g/mol. The van der Waals surface area contributed by atoms with E-state index in [1.807, 2.05) is 0 Å². The lowest BCUT2D eigenvalue weighted by molar-refractivity contribution is -0.131. The molecule has 0 radical (unpaired) electrons. The number of rotatable bonds is 2. The minimum atomic E-state index is -0.147. The van der Waals surface area contributed by atoms with Crippen molar-refractivity contribution in [2.75, 3.05) is 32.7 Å². The van der Waals surface area contributed by atoms with E-state index >= 15 is 0 Å². The molecule has 116 valence electrons. The highest BCUT2D eigenvalue weighted by Gasteiger charge is 2.25. The van der Waals surface area contributed by atoms with Gasteiger partial charge in [0, 0.05) is 31.2 Å². The van der Waals surface area contributed by atoms with Gasteiger partial charge in [0.2, 0.25) is 5.91 Å². The molecule has 0 unspecified atom stereocenters. The number of nitrogens with zero attached hydrogens (tertiary/aromatic N) is 2. The van der Waals surface area contributed by atoms with E-state index in [-0.39, 0.29) is 30.8 Å². The molecule has 0 aromatic heterocycles. The molecule has 0 spiro atoms. The number of nitrogens with two attached hydrogens (primary N) is 1. The van der Waals surface area contributed by atoms with Crippen LogP contribution in [-0.2, 0) is 4.79 Å². The van der Waals surface area contributed by atoms with Crippen LogP contribution in [0.25, 0.3) is 0 Å². The number of hydrogen-bond donors (Lipinski definition) is 1. The molecule has 1 fully saturated rings. The van der Waals surface area contributed by atoms with E-state index in [9.17, 15) is 9.59 Å². The fourth-order valence-corrected chi connectivity index (χ4v) is 2.61. The van der Waals surface area contributed by atoms with Gasteiger partial charge in [0.15, 0.2) is 0 Å². The summed E-state index contributed by atoms with van der Waals surface area (Å²) < 4.78 is 0. The molecule has 2 amide bonds. The zero-order chi connectivity index (χ0) is 14.7. The van der Waals surface area contributed by atoms with Crippen molar-refractivity contribution in [1.29, 1.82) is 0 Å². The van der Waals surface area contributed by atoms with Crippen LogP contribution in [0, 0.1) is 0 Å². The first-order valence-corrected chi connectivity index (χ1v) is 7.00. The van der Waals surface area contributed by atoms with Gasteiger partial charge in [-0.25, -0.2) is 0 Å². The quantitative estimate of drug-likeness (QED) is 0.880. The van der Waals surface area contributed by atoms with Crippen LogP contribution in [-0.4, -0.2) is 54.3 Å². The van der Waals surface area contributed by atoms with Gasteiger partial charge in [0.25, 0.3) is 5.91 Å². The highest BCUT2D eigenvalue weighted by molar-refractivity contribution is 6.36. The summed E-state index contributed by atoms with van der Waals surface area (Å²) in [6.07, 6.45) is 0. The second kappa shape index (κ2) is 7.84. The van der Waals surface area contributed by atoms with Crippen LogP contribution in [0.1, 0.15) is 10.4 Å². The van der Waals surface area contributed by atoms with Crippen LogP contribution >= 0.6 is 35.6 Å². The van der Waals surface area contributed by atoms with E-state index in [0.717, 1.165) is 0 Å². The van der Waals surface area contributed by atoms with Gasteiger partial charge in [-0.15, -0.1) is 12.4 Å². The molecule has 0 atom stereocenters. The Hall–Kier alpha value is -1.01. The molecule has 0 saturated carbocycles. The zero-order valence-corrected chi connectivity index (χ0v) is 13.5. The minimum Gasteiger partial charge on any atom is -0.338 e. The normalized spacial score (nSPS) is 14.6. The first-order chi connectivity index (χ1) is 9.52. The van der Waals surface area contributed by atoms with E-state index in [1.165, 1.54) is 0 Å². The molecule has 21 heavy (non-hydrogen) atoms. The predicted molar refractivity (Wildman–Crippen MR) is 85.2 cm³/mol. The fraction of sp³-hybridized carbons (Fsp3) is 0.385. The predicted octanol–water partition coefficient (Wildman–Crippen LogP) is 1.66. The molecule has 5 nitrogen and oxygen atoms in total. The van der Waals surface area contributed by atoms with Gasteiger partial charge < -0.3 is 15.5 Å². The van der Waals surface area contributed by atoms with Crippen LogP contribution < -0.4 is 5.73 Å². The van der Waals surface area contributed by atoms with Gasteiger partial charge >= 0.3 is 0 Å². The average molecular weight is 353 g/mol. The Bertz CT molecular complexity index is 531. The second-order valence-corrected chi connectivity index (χ2v) is 5.34. The molecule has 8 heteroatoms. The summed E-state index contributed by atoms with van der Waals surface area (Å²) in [7, 11) is 0. The van der Waals surface area contributed by atoms with E-state index in [2.05, 4.69) is 0 Å². The standard InChI is InChI=1S/C13H15Cl2N3O2.ClH/c14-9-1-2-10(11(15)7-9)13(20)18-5-3-17(4-6-18)12(19)8-16;/h1-2,7H,3-6,8,16H2;1H. The Morgan fingerprint density at radius 3 is 2.19 bits per heavy atom. The Morgan fingerprint density at radius 2 is 1.67 bits per heavy atom. The molecule has 1 heterocycles. The van der Waals surface area contributed by atoms with Crippen molar-refractivity contribution in [3.63, 3.8) is 0 Å². The van der Waals surface area contributed by atoms with Crippen LogP contribution in [0.15, 0.2) is 18.2 Å². The Kier molecular flexibility index (Phi) is 6.74. The maximum absolute atomic E-state index is 12.3. The number of benzene rings is 1. The Balaban J connectivity index is 0.00000220. The number of amides is 2. The lowest BCUT2D eigenvalue weighted by atomic mass is 10.1. The first kappa shape index (κ1) is 18.0. The molecule has 2 N–H and O–H groups in total. The van der Waals surface area contributed by atoms with Crippen molar-refractivity contribution >= 4 is 47.4 Å². The lowest BCUT2D eigenvalue weighted by Gasteiger charge is -2.34. The maximum atomic E-state index is 12.3. The highest BCUT2D eigenvalue weighted by Crippen LogP contribution is 2.22. The molecule has 1 aromatic carbocycles. The summed E-state index contributed by atoms with van der Waals surface area (Å²) in [5, 5.41) is 0.827. The summed E-state index contributed by atoms with van der Waals surface area (Å²) >= 11 is 11.8. The first-order valence-electron chi connectivity index (χ1n) is 6.25. The summed E-state index contributed by atoms with van der Waals surface area (Å²) in [5.41, 5.74) is 5.75. The lowest BCUT2D eigenvalue weighted by Crippen LogP contribution is -2.51. The van der Waals surface area contributed by atoms with E-state index in [1.54, 1.807) is 28.0 Å². The summed E-state index contributed by atoms with van der Waals surface area (Å²) in [6, 6.07) is 4.80. The zero-order valence-electron chi connectivity index (χ0n) is 11.2. The number of hydrogen-bond acceptors (Lipinski definition) is 3. The van der Waals surface area contributed by atoms with Crippen LogP contribution in [0.2, 0.25) is 10.0 Å². The van der Waals surface area contributed by atoms with Gasteiger partial charge in [-0.3, -0.25) is 9.59 Å². The van der Waals surface area contributed by atoms with Gasteiger partial charge in [0.05, 0.1) is 17.1 Å². The molecule has 0 bridgehead atoms. The third-order valence-corrected chi connectivity index (χ3v) is 3.80. The molecular formula is C13H16Cl3N3O2. The summed E-state index contributed by atoms with van der Waals surface area (Å²) in [5.74, 6) is -0.242. The van der Waals surface area contributed by atoms with Crippen molar-refractivity contribution in [3.05, 3.63) is 33.8 Å². The van der Waals surface area contributed by atoms with Gasteiger partial charge in [-0.2, -0.15) is 0 Å². The molecule has 0 aliphatic carbocycles. The molecule has 1 aliphatic rings. The number of piperazine rings is 1. The monoisotopic (exact) mass is 351 g/mol. The van der Waals surface area contributed by atoms with Gasteiger partial charge in [-0.05, 0) is 18.2 Å². The van der Waals surface area contributed by atoms with E-state index in [4.69, 9.17) is 28.9 Å².